The lowest BCUT2D eigenvalue weighted by Gasteiger charge is -2.26. The van der Waals surface area contributed by atoms with Gasteiger partial charge in [0.2, 0.25) is 5.91 Å². The summed E-state index contributed by atoms with van der Waals surface area (Å²) in [7, 11) is 0. The third-order valence-corrected chi connectivity index (χ3v) is 5.50. The second-order valence-electron chi connectivity index (χ2n) is 6.47. The molecule has 8 heteroatoms. The van der Waals surface area contributed by atoms with Crippen LogP contribution in [0.2, 0.25) is 0 Å². The fourth-order valence-corrected chi connectivity index (χ4v) is 3.75. The predicted octanol–water partition coefficient (Wildman–Crippen LogP) is 3.37. The molecule has 2 heterocycles. The van der Waals surface area contributed by atoms with Gasteiger partial charge >= 0.3 is 0 Å². The van der Waals surface area contributed by atoms with Crippen molar-refractivity contribution in [3.05, 3.63) is 42.7 Å². The number of allylic oxidation sites excluding steroid dienone is 1. The van der Waals surface area contributed by atoms with Crippen LogP contribution in [0.4, 0.5) is 0 Å². The van der Waals surface area contributed by atoms with Crippen molar-refractivity contribution >= 4 is 17.7 Å². The maximum Gasteiger partial charge on any atom is 0.230 e. The quantitative estimate of drug-likeness (QED) is 0.512. The average molecular weight is 403 g/mol. The van der Waals surface area contributed by atoms with Gasteiger partial charge in [-0.05, 0) is 25.0 Å². The summed E-state index contributed by atoms with van der Waals surface area (Å²) in [4.78, 5) is 12.2. The van der Waals surface area contributed by atoms with E-state index >= 15 is 0 Å². The molecule has 2 aromatic rings. The maximum atomic E-state index is 12.2. The third-order valence-electron chi connectivity index (χ3n) is 4.54. The van der Waals surface area contributed by atoms with Crippen LogP contribution in [0.5, 0.6) is 11.5 Å². The molecule has 1 aromatic carbocycles. The number of amides is 1. The molecule has 0 saturated carbocycles. The van der Waals surface area contributed by atoms with Gasteiger partial charge in [-0.25, -0.2) is 0 Å². The lowest BCUT2D eigenvalue weighted by molar-refractivity contribution is -0.119. The molecular weight excluding hydrogens is 376 g/mol. The number of nitrogens with zero attached hydrogens (tertiary/aromatic N) is 3. The van der Waals surface area contributed by atoms with Gasteiger partial charge in [-0.2, -0.15) is 0 Å². The molecule has 28 heavy (non-hydrogen) atoms. The molecule has 3 rings (SSSR count). The summed E-state index contributed by atoms with van der Waals surface area (Å²) in [5.74, 6) is 2.36. The fraction of sp³-hybridized carbons (Fsp3) is 0.450. The summed E-state index contributed by atoms with van der Waals surface area (Å²) in [5, 5.41) is 12.3. The number of aromatic nitrogens is 3. The SMILES string of the molecule is C=CCn1c(SCC(=O)NC(CC)CC)nnc1[C@H]1COc2ccccc2O1. The minimum atomic E-state index is -0.366. The zero-order chi connectivity index (χ0) is 19.9. The maximum absolute atomic E-state index is 12.2. The summed E-state index contributed by atoms with van der Waals surface area (Å²) >= 11 is 1.36. The molecule has 1 atom stereocenters. The van der Waals surface area contributed by atoms with Gasteiger partial charge in [-0.15, -0.1) is 16.8 Å². The molecule has 1 aliphatic heterocycles. The molecule has 0 unspecified atom stereocenters. The van der Waals surface area contributed by atoms with E-state index < -0.39 is 0 Å². The lowest BCUT2D eigenvalue weighted by atomic mass is 10.2. The van der Waals surface area contributed by atoms with Crippen LogP contribution in [0.1, 0.15) is 38.6 Å². The Morgan fingerprint density at radius 2 is 2.11 bits per heavy atom. The van der Waals surface area contributed by atoms with E-state index in [-0.39, 0.29) is 23.8 Å². The molecular formula is C20H26N4O3S. The van der Waals surface area contributed by atoms with Gasteiger partial charge in [0.05, 0.1) is 5.75 Å². The van der Waals surface area contributed by atoms with Gasteiger partial charge in [-0.1, -0.05) is 43.8 Å². The molecule has 0 spiro atoms. The molecule has 1 aliphatic rings. The molecule has 7 nitrogen and oxygen atoms in total. The van der Waals surface area contributed by atoms with Crippen LogP contribution in [-0.4, -0.2) is 39.1 Å². The molecule has 0 saturated heterocycles. The largest absolute Gasteiger partial charge is 0.485 e. The minimum absolute atomic E-state index is 0.000389. The molecule has 0 fully saturated rings. The Bertz CT molecular complexity index is 820. The van der Waals surface area contributed by atoms with Gasteiger partial charge in [-0.3, -0.25) is 9.36 Å². The Morgan fingerprint density at radius 1 is 1.36 bits per heavy atom. The first-order valence-electron chi connectivity index (χ1n) is 9.50. The number of carbonyl (C=O) groups excluding carboxylic acids is 1. The van der Waals surface area contributed by atoms with Gasteiger partial charge in [0, 0.05) is 12.6 Å². The summed E-state index contributed by atoms with van der Waals surface area (Å²) < 4.78 is 13.8. The van der Waals surface area contributed by atoms with Crippen molar-refractivity contribution in [1.82, 2.24) is 20.1 Å². The van der Waals surface area contributed by atoms with Crippen molar-refractivity contribution in [1.29, 1.82) is 0 Å². The van der Waals surface area contributed by atoms with E-state index in [0.29, 0.717) is 29.9 Å². The second-order valence-corrected chi connectivity index (χ2v) is 7.42. The monoisotopic (exact) mass is 402 g/mol. The van der Waals surface area contributed by atoms with E-state index in [1.807, 2.05) is 28.8 Å². The van der Waals surface area contributed by atoms with Crippen molar-refractivity contribution in [3.63, 3.8) is 0 Å². The number of hydrogen-bond donors (Lipinski definition) is 1. The lowest BCUT2D eigenvalue weighted by Crippen LogP contribution is -2.35. The van der Waals surface area contributed by atoms with Crippen LogP contribution in [0.3, 0.4) is 0 Å². The van der Waals surface area contributed by atoms with Crippen LogP contribution in [0, 0.1) is 0 Å². The van der Waals surface area contributed by atoms with E-state index in [4.69, 9.17) is 9.47 Å². The summed E-state index contributed by atoms with van der Waals surface area (Å²) in [6.07, 6.45) is 3.25. The van der Waals surface area contributed by atoms with E-state index in [0.717, 1.165) is 18.6 Å². The van der Waals surface area contributed by atoms with Gasteiger partial charge < -0.3 is 14.8 Å². The number of fused-ring (bicyclic) bond motifs is 1. The Hall–Kier alpha value is -2.48. The van der Waals surface area contributed by atoms with Crippen molar-refractivity contribution in [2.75, 3.05) is 12.4 Å². The van der Waals surface area contributed by atoms with E-state index in [1.54, 1.807) is 6.08 Å². The fourth-order valence-electron chi connectivity index (χ4n) is 2.98. The van der Waals surface area contributed by atoms with E-state index in [1.165, 1.54) is 11.8 Å². The van der Waals surface area contributed by atoms with Crippen LogP contribution >= 0.6 is 11.8 Å². The zero-order valence-corrected chi connectivity index (χ0v) is 17.1. The number of hydrogen-bond acceptors (Lipinski definition) is 6. The second kappa shape index (κ2) is 9.64. The van der Waals surface area contributed by atoms with Gasteiger partial charge in [0.25, 0.3) is 0 Å². The summed E-state index contributed by atoms with van der Waals surface area (Å²) in [5.41, 5.74) is 0. The molecule has 0 radical (unpaired) electrons. The highest BCUT2D eigenvalue weighted by Crippen LogP contribution is 2.36. The normalized spacial score (nSPS) is 15.5. The van der Waals surface area contributed by atoms with Crippen molar-refractivity contribution in [3.8, 4) is 11.5 Å². The van der Waals surface area contributed by atoms with E-state index in [2.05, 4.69) is 35.9 Å². The molecule has 1 amide bonds. The summed E-state index contributed by atoms with van der Waals surface area (Å²) in [6, 6.07) is 7.76. The molecule has 1 N–H and O–H groups in total. The number of benzene rings is 1. The average Bonchev–Trinajstić information content (AvgIpc) is 3.13. The van der Waals surface area contributed by atoms with Crippen LogP contribution < -0.4 is 14.8 Å². The van der Waals surface area contributed by atoms with Crippen LogP contribution in [-0.2, 0) is 11.3 Å². The standard InChI is InChI=1S/C20H26N4O3S/c1-4-11-24-19(17-12-26-15-9-7-8-10-16(15)27-17)22-23-20(24)28-13-18(25)21-14(5-2)6-3/h4,7-10,14,17H,1,5-6,11-13H2,2-3H3,(H,21,25)/t17-/m1/s1. The highest BCUT2D eigenvalue weighted by Gasteiger charge is 2.28. The Balaban J connectivity index is 1.70. The van der Waals surface area contributed by atoms with Gasteiger partial charge in [0.15, 0.2) is 28.6 Å². The van der Waals surface area contributed by atoms with Gasteiger partial charge in [0.1, 0.15) is 6.61 Å². The molecule has 0 bridgehead atoms. The first-order valence-corrected chi connectivity index (χ1v) is 10.5. The molecule has 0 aliphatic carbocycles. The highest BCUT2D eigenvalue weighted by molar-refractivity contribution is 7.99. The predicted molar refractivity (Wildman–Crippen MR) is 109 cm³/mol. The molecule has 150 valence electrons. The summed E-state index contributed by atoms with van der Waals surface area (Å²) in [6.45, 7) is 8.84. The first kappa shape index (κ1) is 20.3. The minimum Gasteiger partial charge on any atom is -0.485 e. The Kier molecular flexibility index (Phi) is 6.97. The third kappa shape index (κ3) is 4.67. The van der Waals surface area contributed by atoms with Crippen molar-refractivity contribution in [2.45, 2.75) is 50.5 Å². The number of thioether (sulfide) groups is 1. The highest BCUT2D eigenvalue weighted by atomic mass is 32.2. The van der Waals surface area contributed by atoms with E-state index in [9.17, 15) is 4.79 Å². The van der Waals surface area contributed by atoms with Crippen molar-refractivity contribution < 1.29 is 14.3 Å². The number of rotatable bonds is 9. The Morgan fingerprint density at radius 3 is 2.82 bits per heavy atom. The number of carbonyl (C=O) groups is 1. The molecule has 1 aromatic heterocycles. The van der Waals surface area contributed by atoms with Crippen molar-refractivity contribution in [2.24, 2.45) is 0 Å². The van der Waals surface area contributed by atoms with Crippen LogP contribution in [0.25, 0.3) is 0 Å². The van der Waals surface area contributed by atoms with Crippen LogP contribution in [0.15, 0.2) is 42.1 Å². The number of ether oxygens (including phenoxy) is 2. The number of para-hydroxylation sites is 2. The smallest absolute Gasteiger partial charge is 0.230 e. The topological polar surface area (TPSA) is 78.3 Å². The first-order chi connectivity index (χ1) is 13.7. The number of nitrogens with one attached hydrogen (secondary N) is 1. The Labute approximate surface area is 169 Å². The zero-order valence-electron chi connectivity index (χ0n) is 16.3.